The van der Waals surface area contributed by atoms with Gasteiger partial charge in [0.15, 0.2) is 5.76 Å². The van der Waals surface area contributed by atoms with Crippen molar-refractivity contribution in [1.82, 2.24) is 10.2 Å². The predicted molar refractivity (Wildman–Crippen MR) is 88.0 cm³/mol. The molecule has 1 N–H and O–H groups in total. The molecule has 1 aromatic heterocycles. The van der Waals surface area contributed by atoms with Crippen LogP contribution in [0.1, 0.15) is 41.2 Å². The summed E-state index contributed by atoms with van der Waals surface area (Å²) >= 11 is 0. The summed E-state index contributed by atoms with van der Waals surface area (Å²) in [6.07, 6.45) is 2.22. The molecular weight excluding hydrogens is 312 g/mol. The zero-order valence-corrected chi connectivity index (χ0v) is 14.5. The molecule has 1 aromatic rings. The van der Waals surface area contributed by atoms with Crippen LogP contribution >= 0.6 is 0 Å². The molecule has 7 nitrogen and oxygen atoms in total. The third kappa shape index (κ3) is 5.07. The number of carbonyl (C=O) groups is 2. The third-order valence-corrected chi connectivity index (χ3v) is 4.05. The van der Waals surface area contributed by atoms with Crippen LogP contribution in [0, 0.1) is 5.92 Å². The van der Waals surface area contributed by atoms with Crippen molar-refractivity contribution in [2.75, 3.05) is 40.0 Å². The van der Waals surface area contributed by atoms with E-state index in [0.29, 0.717) is 12.5 Å². The fraction of sp³-hybridized carbons (Fsp3) is 0.647. The molecule has 1 fully saturated rings. The molecule has 1 saturated heterocycles. The second-order valence-corrected chi connectivity index (χ2v) is 6.33. The number of carbonyl (C=O) groups excluding carboxylic acids is 2. The van der Waals surface area contributed by atoms with Crippen LogP contribution < -0.4 is 5.32 Å². The molecule has 1 aliphatic rings. The number of hydrogen-bond donors (Lipinski definition) is 1. The van der Waals surface area contributed by atoms with E-state index in [-0.39, 0.29) is 23.3 Å². The first-order chi connectivity index (χ1) is 11.5. The van der Waals surface area contributed by atoms with E-state index in [9.17, 15) is 9.59 Å². The van der Waals surface area contributed by atoms with Crippen LogP contribution in [0.2, 0.25) is 0 Å². The van der Waals surface area contributed by atoms with E-state index in [1.807, 2.05) is 0 Å². The van der Waals surface area contributed by atoms with E-state index in [1.54, 1.807) is 0 Å². The van der Waals surface area contributed by atoms with Gasteiger partial charge in [-0.15, -0.1) is 0 Å². The van der Waals surface area contributed by atoms with Gasteiger partial charge < -0.3 is 19.2 Å². The molecule has 1 atom stereocenters. The van der Waals surface area contributed by atoms with Crippen molar-refractivity contribution in [1.29, 1.82) is 0 Å². The third-order valence-electron chi connectivity index (χ3n) is 4.05. The molecule has 24 heavy (non-hydrogen) atoms. The van der Waals surface area contributed by atoms with Gasteiger partial charge in [-0.3, -0.25) is 9.69 Å². The average molecular weight is 338 g/mol. The number of nitrogens with zero attached hydrogens (tertiary/aromatic N) is 1. The fourth-order valence-corrected chi connectivity index (χ4v) is 2.83. The predicted octanol–water partition coefficient (Wildman–Crippen LogP) is 1.54. The number of rotatable bonds is 7. The number of morpholine rings is 1. The quantitative estimate of drug-likeness (QED) is 0.760. The lowest BCUT2D eigenvalue weighted by atomic mass is 10.0. The molecule has 7 heteroatoms. The maximum absolute atomic E-state index is 12.2. The summed E-state index contributed by atoms with van der Waals surface area (Å²) in [5, 5.41) is 2.90. The van der Waals surface area contributed by atoms with Gasteiger partial charge in [0.25, 0.3) is 5.91 Å². The minimum absolute atomic E-state index is 0.112. The van der Waals surface area contributed by atoms with E-state index in [2.05, 4.69) is 28.8 Å². The topological polar surface area (TPSA) is 81.0 Å². The minimum atomic E-state index is -0.524. The van der Waals surface area contributed by atoms with Gasteiger partial charge in [0.1, 0.15) is 6.26 Å². The van der Waals surface area contributed by atoms with Crippen molar-refractivity contribution in [2.24, 2.45) is 5.92 Å². The monoisotopic (exact) mass is 338 g/mol. The Labute approximate surface area is 142 Å². The molecule has 0 bridgehead atoms. The Kier molecular flexibility index (Phi) is 6.81. The smallest absolute Gasteiger partial charge is 0.341 e. The lowest BCUT2D eigenvalue weighted by molar-refractivity contribution is 0.0124. The summed E-state index contributed by atoms with van der Waals surface area (Å²) in [5.41, 5.74) is 0.231. The summed E-state index contributed by atoms with van der Waals surface area (Å²) in [6, 6.07) is 1.65. The van der Waals surface area contributed by atoms with Crippen molar-refractivity contribution < 1.29 is 23.5 Å². The zero-order chi connectivity index (χ0) is 17.5. The van der Waals surface area contributed by atoms with Gasteiger partial charge in [-0.1, -0.05) is 13.8 Å². The standard InChI is InChI=1S/C17H26N2O5/c1-12(2)8-14(19-4-6-23-7-5-19)10-18-16(20)15-9-13(11-24-15)17(21)22-3/h9,11-12,14H,4-8,10H2,1-3H3,(H,18,20)/t14-/m0/s1. The van der Waals surface area contributed by atoms with Gasteiger partial charge in [-0.05, 0) is 12.3 Å². The van der Waals surface area contributed by atoms with Crippen LogP contribution in [-0.4, -0.2) is 62.8 Å². The number of esters is 1. The first-order valence-corrected chi connectivity index (χ1v) is 8.28. The normalized spacial score (nSPS) is 16.8. The van der Waals surface area contributed by atoms with E-state index < -0.39 is 5.97 Å². The molecular formula is C17H26N2O5. The molecule has 1 amide bonds. The number of ether oxygens (including phenoxy) is 2. The molecule has 0 saturated carbocycles. The Morgan fingerprint density at radius 1 is 1.33 bits per heavy atom. The van der Waals surface area contributed by atoms with E-state index in [0.717, 1.165) is 32.7 Å². The molecule has 0 unspecified atom stereocenters. The molecule has 0 radical (unpaired) electrons. The Morgan fingerprint density at radius 3 is 2.67 bits per heavy atom. The van der Waals surface area contributed by atoms with Crippen LogP contribution in [-0.2, 0) is 9.47 Å². The first kappa shape index (κ1) is 18.5. The van der Waals surface area contributed by atoms with Crippen molar-refractivity contribution in [3.8, 4) is 0 Å². The Morgan fingerprint density at radius 2 is 2.04 bits per heavy atom. The highest BCUT2D eigenvalue weighted by atomic mass is 16.5. The highest BCUT2D eigenvalue weighted by Crippen LogP contribution is 2.14. The summed E-state index contributed by atoms with van der Waals surface area (Å²) in [6.45, 7) is 8.08. The molecule has 2 heterocycles. The number of nitrogens with one attached hydrogen (secondary N) is 1. The fourth-order valence-electron chi connectivity index (χ4n) is 2.83. The Hall–Kier alpha value is -1.86. The summed E-state index contributed by atoms with van der Waals surface area (Å²) in [7, 11) is 1.29. The maximum atomic E-state index is 12.2. The second-order valence-electron chi connectivity index (χ2n) is 6.33. The molecule has 0 aromatic carbocycles. The lowest BCUT2D eigenvalue weighted by Crippen LogP contribution is -2.49. The number of amides is 1. The molecule has 2 rings (SSSR count). The second kappa shape index (κ2) is 8.84. The van der Waals surface area contributed by atoms with Crippen LogP contribution in [0.15, 0.2) is 16.7 Å². The van der Waals surface area contributed by atoms with Gasteiger partial charge in [0, 0.05) is 31.7 Å². The van der Waals surface area contributed by atoms with Crippen LogP contribution in [0.4, 0.5) is 0 Å². The SMILES string of the molecule is COC(=O)c1coc(C(=O)NC[C@H](CC(C)C)N2CCOCC2)c1. The van der Waals surface area contributed by atoms with Crippen molar-refractivity contribution >= 4 is 11.9 Å². The maximum Gasteiger partial charge on any atom is 0.341 e. The van der Waals surface area contributed by atoms with E-state index in [4.69, 9.17) is 9.15 Å². The van der Waals surface area contributed by atoms with Gasteiger partial charge in [0.05, 0.1) is 25.9 Å². The highest BCUT2D eigenvalue weighted by molar-refractivity contribution is 5.96. The molecule has 134 valence electrons. The van der Waals surface area contributed by atoms with E-state index in [1.165, 1.54) is 19.4 Å². The summed E-state index contributed by atoms with van der Waals surface area (Å²) < 4.78 is 15.2. The van der Waals surface area contributed by atoms with Crippen molar-refractivity contribution in [2.45, 2.75) is 26.3 Å². The van der Waals surface area contributed by atoms with Gasteiger partial charge in [-0.25, -0.2) is 4.79 Å². The van der Waals surface area contributed by atoms with Gasteiger partial charge in [-0.2, -0.15) is 0 Å². The molecule has 0 spiro atoms. The number of furan rings is 1. The summed E-state index contributed by atoms with van der Waals surface area (Å²) in [4.78, 5) is 26.0. The van der Waals surface area contributed by atoms with Crippen molar-refractivity contribution in [3.05, 3.63) is 23.7 Å². The van der Waals surface area contributed by atoms with Crippen LogP contribution in [0.25, 0.3) is 0 Å². The largest absolute Gasteiger partial charge is 0.465 e. The highest BCUT2D eigenvalue weighted by Gasteiger charge is 2.23. The average Bonchev–Trinajstić information content (AvgIpc) is 3.08. The molecule has 1 aliphatic heterocycles. The van der Waals surface area contributed by atoms with Crippen LogP contribution in [0.5, 0.6) is 0 Å². The number of methoxy groups -OCH3 is 1. The minimum Gasteiger partial charge on any atom is -0.465 e. The first-order valence-electron chi connectivity index (χ1n) is 8.28. The number of hydrogen-bond acceptors (Lipinski definition) is 6. The zero-order valence-electron chi connectivity index (χ0n) is 14.5. The van der Waals surface area contributed by atoms with Crippen molar-refractivity contribution in [3.63, 3.8) is 0 Å². The van der Waals surface area contributed by atoms with Gasteiger partial charge in [0.2, 0.25) is 0 Å². The lowest BCUT2D eigenvalue weighted by Gasteiger charge is -2.35. The van der Waals surface area contributed by atoms with Gasteiger partial charge >= 0.3 is 5.97 Å². The Balaban J connectivity index is 1.93. The Bertz CT molecular complexity index is 549. The molecule has 0 aliphatic carbocycles. The summed E-state index contributed by atoms with van der Waals surface area (Å²) in [5.74, 6) is -0.207. The van der Waals surface area contributed by atoms with E-state index >= 15 is 0 Å². The van der Waals surface area contributed by atoms with Crippen LogP contribution in [0.3, 0.4) is 0 Å².